The van der Waals surface area contributed by atoms with Crippen LogP contribution in [-0.2, 0) is 16.4 Å². The predicted octanol–water partition coefficient (Wildman–Crippen LogP) is 2.41. The number of thiazole rings is 1. The molecule has 0 spiro atoms. The van der Waals surface area contributed by atoms with Gasteiger partial charge in [-0.25, -0.2) is 9.98 Å². The summed E-state index contributed by atoms with van der Waals surface area (Å²) < 4.78 is 29.7. The molecule has 11 heteroatoms. The summed E-state index contributed by atoms with van der Waals surface area (Å²) in [7, 11) is -3.89. The third-order valence-electron chi connectivity index (χ3n) is 4.17. The zero-order chi connectivity index (χ0) is 19.2. The fourth-order valence-electron chi connectivity index (χ4n) is 3.05. The minimum absolute atomic E-state index is 0.00207. The Morgan fingerprint density at radius 1 is 1.37 bits per heavy atom. The number of imidazole rings is 1. The van der Waals surface area contributed by atoms with Gasteiger partial charge < -0.3 is 11.5 Å². The fraction of sp³-hybridized carbons (Fsp3) is 0.125. The Hall–Kier alpha value is -2.56. The highest BCUT2D eigenvalue weighted by Gasteiger charge is 2.26. The van der Waals surface area contributed by atoms with Gasteiger partial charge in [-0.1, -0.05) is 17.7 Å². The van der Waals surface area contributed by atoms with E-state index in [4.69, 9.17) is 23.1 Å². The van der Waals surface area contributed by atoms with Crippen molar-refractivity contribution in [3.63, 3.8) is 0 Å². The summed E-state index contributed by atoms with van der Waals surface area (Å²) in [5.41, 5.74) is 14.2. The number of allylic oxidation sites excluding steroid dienone is 1. The second-order valence-electron chi connectivity index (χ2n) is 5.95. The number of aryl methyl sites for hydroxylation is 1. The maximum absolute atomic E-state index is 12.8. The van der Waals surface area contributed by atoms with Gasteiger partial charge in [0, 0.05) is 23.5 Å². The van der Waals surface area contributed by atoms with E-state index in [0.717, 1.165) is 29.5 Å². The molecule has 0 saturated carbocycles. The number of fused-ring (bicyclic) bond motifs is 2. The van der Waals surface area contributed by atoms with Gasteiger partial charge in [-0.15, -0.1) is 11.3 Å². The molecule has 0 fully saturated rings. The Morgan fingerprint density at radius 3 is 2.96 bits per heavy atom. The van der Waals surface area contributed by atoms with Crippen LogP contribution in [0.2, 0.25) is 5.15 Å². The summed E-state index contributed by atoms with van der Waals surface area (Å²) in [4.78, 5) is 8.52. The number of nitrogens with zero attached hydrogens (tertiary/aromatic N) is 3. The first-order chi connectivity index (χ1) is 12.8. The molecule has 1 aliphatic carbocycles. The highest BCUT2D eigenvalue weighted by atomic mass is 35.5. The number of hydrogen-bond acceptors (Lipinski definition) is 5. The fourth-order valence-corrected chi connectivity index (χ4v) is 5.56. The molecule has 1 aromatic carbocycles. The molecule has 0 saturated heterocycles. The Morgan fingerprint density at radius 2 is 2.19 bits per heavy atom. The van der Waals surface area contributed by atoms with E-state index in [2.05, 4.69) is 14.7 Å². The van der Waals surface area contributed by atoms with Crippen LogP contribution in [0, 0.1) is 0 Å². The van der Waals surface area contributed by atoms with Crippen LogP contribution in [0.5, 0.6) is 0 Å². The van der Waals surface area contributed by atoms with Crippen LogP contribution >= 0.6 is 22.9 Å². The van der Waals surface area contributed by atoms with E-state index in [-0.39, 0.29) is 16.1 Å². The third kappa shape index (κ3) is 3.27. The van der Waals surface area contributed by atoms with E-state index >= 15 is 0 Å². The lowest BCUT2D eigenvalue weighted by molar-refractivity contribution is 0.596. The molecule has 2 aromatic heterocycles. The molecule has 0 amide bonds. The largest absolute Gasteiger partial charge is 0.370 e. The number of benzene rings is 1. The topological polar surface area (TPSA) is 128 Å². The van der Waals surface area contributed by atoms with Crippen molar-refractivity contribution in [3.05, 3.63) is 52.3 Å². The highest BCUT2D eigenvalue weighted by molar-refractivity contribution is 7.92. The number of rotatable bonds is 4. The zero-order valence-corrected chi connectivity index (χ0v) is 16.3. The highest BCUT2D eigenvalue weighted by Crippen LogP contribution is 2.35. The molecular formula is C16H15ClN6O2S2. The first kappa shape index (κ1) is 17.8. The first-order valence-corrected chi connectivity index (χ1v) is 10.6. The predicted molar refractivity (Wildman–Crippen MR) is 107 cm³/mol. The van der Waals surface area contributed by atoms with Gasteiger partial charge in [0.15, 0.2) is 21.1 Å². The lowest BCUT2D eigenvalue weighted by Gasteiger charge is -2.09. The molecule has 0 atom stereocenters. The van der Waals surface area contributed by atoms with Gasteiger partial charge in [0.1, 0.15) is 0 Å². The van der Waals surface area contributed by atoms with Gasteiger partial charge in [-0.3, -0.25) is 9.12 Å². The van der Waals surface area contributed by atoms with Crippen molar-refractivity contribution in [1.29, 1.82) is 0 Å². The van der Waals surface area contributed by atoms with E-state index in [1.807, 2.05) is 12.1 Å². The minimum Gasteiger partial charge on any atom is -0.370 e. The van der Waals surface area contributed by atoms with Crippen molar-refractivity contribution < 1.29 is 8.42 Å². The number of halogens is 1. The lowest BCUT2D eigenvalue weighted by atomic mass is 10.1. The molecule has 3 aromatic rings. The van der Waals surface area contributed by atoms with E-state index in [1.165, 1.54) is 15.7 Å². The van der Waals surface area contributed by atoms with Crippen LogP contribution in [-0.4, -0.2) is 23.8 Å². The molecule has 0 bridgehead atoms. The van der Waals surface area contributed by atoms with Crippen molar-refractivity contribution in [1.82, 2.24) is 9.38 Å². The van der Waals surface area contributed by atoms with E-state index < -0.39 is 10.0 Å². The Labute approximate surface area is 164 Å². The second kappa shape index (κ2) is 6.55. The summed E-state index contributed by atoms with van der Waals surface area (Å²) in [6.45, 7) is 0. The molecule has 4 rings (SSSR count). The number of hydrogen-bond donors (Lipinski definition) is 3. The monoisotopic (exact) mass is 422 g/mol. The summed E-state index contributed by atoms with van der Waals surface area (Å²) in [5, 5.41) is 1.62. The number of aromatic nitrogens is 2. The summed E-state index contributed by atoms with van der Waals surface area (Å²) in [6.07, 6.45) is 4.83. The minimum atomic E-state index is -3.89. The van der Waals surface area contributed by atoms with Crippen LogP contribution in [0.4, 0.5) is 5.69 Å². The first-order valence-electron chi connectivity index (χ1n) is 7.90. The molecule has 0 unspecified atom stereocenters. The van der Waals surface area contributed by atoms with Crippen LogP contribution in [0.3, 0.4) is 0 Å². The number of sulfonamides is 1. The molecule has 2 heterocycles. The van der Waals surface area contributed by atoms with Gasteiger partial charge in [0.2, 0.25) is 0 Å². The molecule has 5 N–H and O–H groups in total. The maximum Gasteiger partial charge on any atom is 0.281 e. The molecule has 140 valence electrons. The lowest BCUT2D eigenvalue weighted by Crippen LogP contribution is -2.21. The van der Waals surface area contributed by atoms with Crippen molar-refractivity contribution >= 4 is 55.1 Å². The normalized spacial score (nSPS) is 15.2. The molecule has 8 nitrogen and oxygen atoms in total. The molecular weight excluding hydrogens is 408 g/mol. The van der Waals surface area contributed by atoms with Crippen LogP contribution < -0.4 is 16.2 Å². The molecule has 0 aliphatic heterocycles. The van der Waals surface area contributed by atoms with Crippen molar-refractivity contribution in [2.45, 2.75) is 17.9 Å². The van der Waals surface area contributed by atoms with Gasteiger partial charge in [0.05, 0.1) is 0 Å². The number of guanidine groups is 1. The summed E-state index contributed by atoms with van der Waals surface area (Å²) in [5.74, 6) is -0.00207. The summed E-state index contributed by atoms with van der Waals surface area (Å²) in [6, 6.07) is 5.36. The van der Waals surface area contributed by atoms with Gasteiger partial charge in [0.25, 0.3) is 10.0 Å². The SMILES string of the molecule is NC(N)=N/C=C1/CCc2cc(NS(=O)(=O)c3c(Cl)nc4sccn34)ccc21. The van der Waals surface area contributed by atoms with E-state index in [0.29, 0.717) is 10.6 Å². The van der Waals surface area contributed by atoms with E-state index in [1.54, 1.807) is 23.8 Å². The Bertz CT molecular complexity index is 1200. The quantitative estimate of drug-likeness (QED) is 0.439. The van der Waals surface area contributed by atoms with Crippen molar-refractivity contribution in [3.8, 4) is 0 Å². The molecule has 27 heavy (non-hydrogen) atoms. The molecule has 1 aliphatic rings. The Balaban J connectivity index is 1.66. The van der Waals surface area contributed by atoms with Crippen LogP contribution in [0.1, 0.15) is 17.5 Å². The zero-order valence-electron chi connectivity index (χ0n) is 13.9. The molecule has 0 radical (unpaired) electrons. The number of anilines is 1. The number of nitrogens with two attached hydrogens (primary N) is 2. The number of aliphatic imine (C=N–C) groups is 1. The van der Waals surface area contributed by atoms with Crippen LogP contribution in [0.15, 0.2) is 46.0 Å². The smallest absolute Gasteiger partial charge is 0.281 e. The van der Waals surface area contributed by atoms with Gasteiger partial charge in [-0.2, -0.15) is 8.42 Å². The van der Waals surface area contributed by atoms with Gasteiger partial charge in [-0.05, 0) is 41.7 Å². The Kier molecular flexibility index (Phi) is 4.33. The third-order valence-corrected chi connectivity index (χ3v) is 6.71. The van der Waals surface area contributed by atoms with Crippen LogP contribution in [0.25, 0.3) is 10.5 Å². The van der Waals surface area contributed by atoms with Gasteiger partial charge >= 0.3 is 0 Å². The standard InChI is InChI=1S/C16H15ClN6O2S2/c17-13-14(23-5-6-26-16(23)21-13)27(24,25)22-11-3-4-12-9(7-11)1-2-10(12)8-20-15(18)19/h3-8,22H,1-2H2,(H4,18,19,20)/b10-8-. The average Bonchev–Trinajstić information content (AvgIpc) is 3.25. The van der Waals surface area contributed by atoms with Crippen molar-refractivity contribution in [2.24, 2.45) is 16.5 Å². The number of nitrogens with one attached hydrogen (secondary N) is 1. The van der Waals surface area contributed by atoms with Crippen molar-refractivity contribution in [2.75, 3.05) is 4.72 Å². The maximum atomic E-state index is 12.8. The van der Waals surface area contributed by atoms with E-state index in [9.17, 15) is 8.42 Å². The average molecular weight is 423 g/mol. The summed E-state index contributed by atoms with van der Waals surface area (Å²) >= 11 is 7.36. The second-order valence-corrected chi connectivity index (χ2v) is 8.78.